The van der Waals surface area contributed by atoms with Gasteiger partial charge in [0.15, 0.2) is 11.2 Å². The largest absolute Gasteiger partial charge is 0.369 e. The molecule has 3 rings (SSSR count). The highest BCUT2D eigenvalue weighted by atomic mass is 19.1. The van der Waals surface area contributed by atoms with E-state index in [1.165, 1.54) is 12.1 Å². The molecule has 18 heavy (non-hydrogen) atoms. The minimum atomic E-state index is -0.410. The molecular weight excluding hydrogens is 237 g/mol. The normalized spacial score (nSPS) is 10.9. The molecule has 0 amide bonds. The van der Waals surface area contributed by atoms with Crippen LogP contribution in [-0.4, -0.2) is 19.9 Å². The van der Waals surface area contributed by atoms with E-state index in [-0.39, 0.29) is 22.9 Å². The van der Waals surface area contributed by atoms with Crippen LogP contribution in [0.5, 0.6) is 0 Å². The van der Waals surface area contributed by atoms with E-state index in [4.69, 9.17) is 5.73 Å². The van der Waals surface area contributed by atoms with E-state index in [0.29, 0.717) is 11.4 Å². The summed E-state index contributed by atoms with van der Waals surface area (Å²) in [5, 5.41) is 0. The van der Waals surface area contributed by atoms with Gasteiger partial charge in [-0.05, 0) is 12.1 Å². The summed E-state index contributed by atoms with van der Waals surface area (Å²) >= 11 is 0. The summed E-state index contributed by atoms with van der Waals surface area (Å²) in [4.78, 5) is 24.7. The van der Waals surface area contributed by atoms with E-state index in [9.17, 15) is 9.18 Å². The first-order chi connectivity index (χ1) is 8.63. The third kappa shape index (κ3) is 1.61. The lowest BCUT2D eigenvalue weighted by atomic mass is 10.2. The summed E-state index contributed by atoms with van der Waals surface area (Å²) in [5.41, 5.74) is 5.96. The molecule has 1 aromatic carbocycles. The van der Waals surface area contributed by atoms with Gasteiger partial charge in [0.1, 0.15) is 11.6 Å². The summed E-state index contributed by atoms with van der Waals surface area (Å²) in [5.74, 6) is -0.0211. The van der Waals surface area contributed by atoms with Crippen LogP contribution in [0.25, 0.3) is 22.6 Å². The molecule has 0 aliphatic heterocycles. The predicted octanol–water partition coefficient (Wildman–Crippen LogP) is 1.03. The number of nitrogens with one attached hydrogen (secondary N) is 2. The van der Waals surface area contributed by atoms with Crippen LogP contribution >= 0.6 is 0 Å². The van der Waals surface area contributed by atoms with Crippen LogP contribution in [0.4, 0.5) is 10.3 Å². The van der Waals surface area contributed by atoms with Crippen molar-refractivity contribution in [2.24, 2.45) is 0 Å². The molecule has 2 aromatic heterocycles. The molecule has 2 heterocycles. The SMILES string of the molecule is Nc1nc2nc(-c3cccc(F)c3)[nH]c2c(=O)[nH]1. The summed E-state index contributed by atoms with van der Waals surface area (Å²) in [7, 11) is 0. The Morgan fingerprint density at radius 1 is 1.22 bits per heavy atom. The maximum absolute atomic E-state index is 13.1. The van der Waals surface area contributed by atoms with Crippen LogP contribution in [0.3, 0.4) is 0 Å². The number of aromatic amines is 2. The van der Waals surface area contributed by atoms with Gasteiger partial charge in [0.2, 0.25) is 5.95 Å². The predicted molar refractivity (Wildman–Crippen MR) is 64.3 cm³/mol. The van der Waals surface area contributed by atoms with Crippen molar-refractivity contribution in [3.63, 3.8) is 0 Å². The molecule has 0 saturated heterocycles. The van der Waals surface area contributed by atoms with Gasteiger partial charge in [-0.3, -0.25) is 9.78 Å². The van der Waals surface area contributed by atoms with Crippen molar-refractivity contribution >= 4 is 17.1 Å². The van der Waals surface area contributed by atoms with Crippen LogP contribution in [0.2, 0.25) is 0 Å². The first-order valence-electron chi connectivity index (χ1n) is 5.15. The molecule has 0 saturated carbocycles. The number of fused-ring (bicyclic) bond motifs is 1. The molecule has 4 N–H and O–H groups in total. The van der Waals surface area contributed by atoms with Crippen molar-refractivity contribution in [1.29, 1.82) is 0 Å². The van der Waals surface area contributed by atoms with Crippen LogP contribution in [0, 0.1) is 5.82 Å². The van der Waals surface area contributed by atoms with Crippen molar-refractivity contribution in [1.82, 2.24) is 19.9 Å². The lowest BCUT2D eigenvalue weighted by molar-refractivity contribution is 0.628. The van der Waals surface area contributed by atoms with Gasteiger partial charge in [-0.25, -0.2) is 9.37 Å². The Morgan fingerprint density at radius 3 is 2.83 bits per heavy atom. The highest BCUT2D eigenvalue weighted by molar-refractivity contribution is 5.75. The van der Waals surface area contributed by atoms with Crippen molar-refractivity contribution < 1.29 is 4.39 Å². The number of anilines is 1. The Morgan fingerprint density at radius 2 is 2.06 bits per heavy atom. The van der Waals surface area contributed by atoms with E-state index in [1.54, 1.807) is 12.1 Å². The fraction of sp³-hybridized carbons (Fsp3) is 0. The van der Waals surface area contributed by atoms with Crippen molar-refractivity contribution in [3.05, 3.63) is 40.4 Å². The van der Waals surface area contributed by atoms with Gasteiger partial charge in [-0.1, -0.05) is 12.1 Å². The number of halogens is 1. The number of hydrogen-bond acceptors (Lipinski definition) is 4. The van der Waals surface area contributed by atoms with E-state index >= 15 is 0 Å². The molecule has 7 heteroatoms. The number of nitrogens with two attached hydrogens (primary N) is 1. The fourth-order valence-electron chi connectivity index (χ4n) is 1.70. The molecule has 0 aliphatic carbocycles. The number of benzene rings is 1. The minimum Gasteiger partial charge on any atom is -0.369 e. The number of rotatable bonds is 1. The molecule has 0 unspecified atom stereocenters. The molecule has 3 aromatic rings. The molecule has 0 atom stereocenters. The average Bonchev–Trinajstić information content (AvgIpc) is 2.73. The van der Waals surface area contributed by atoms with E-state index in [0.717, 1.165) is 0 Å². The van der Waals surface area contributed by atoms with Gasteiger partial charge in [-0.2, -0.15) is 4.98 Å². The highest BCUT2D eigenvalue weighted by Gasteiger charge is 2.10. The van der Waals surface area contributed by atoms with Crippen LogP contribution < -0.4 is 11.3 Å². The Balaban J connectivity index is 2.26. The quantitative estimate of drug-likeness (QED) is 0.596. The molecule has 6 nitrogen and oxygen atoms in total. The first-order valence-corrected chi connectivity index (χ1v) is 5.15. The smallest absolute Gasteiger partial charge is 0.278 e. The van der Waals surface area contributed by atoms with E-state index < -0.39 is 5.56 Å². The number of imidazole rings is 1. The van der Waals surface area contributed by atoms with Crippen LogP contribution in [0.15, 0.2) is 29.1 Å². The van der Waals surface area contributed by atoms with Gasteiger partial charge >= 0.3 is 0 Å². The fourth-order valence-corrected chi connectivity index (χ4v) is 1.70. The topological polar surface area (TPSA) is 100 Å². The Hall–Kier alpha value is -2.70. The third-order valence-electron chi connectivity index (χ3n) is 2.48. The number of nitrogen functional groups attached to an aromatic ring is 1. The molecule has 0 bridgehead atoms. The van der Waals surface area contributed by atoms with Gasteiger partial charge in [-0.15, -0.1) is 0 Å². The molecule has 0 fully saturated rings. The zero-order valence-electron chi connectivity index (χ0n) is 9.07. The van der Waals surface area contributed by atoms with Gasteiger partial charge in [0.05, 0.1) is 0 Å². The van der Waals surface area contributed by atoms with E-state index in [1.807, 2.05) is 0 Å². The van der Waals surface area contributed by atoms with E-state index in [2.05, 4.69) is 19.9 Å². The average molecular weight is 245 g/mol. The van der Waals surface area contributed by atoms with Crippen molar-refractivity contribution in [3.8, 4) is 11.4 Å². The third-order valence-corrected chi connectivity index (χ3v) is 2.48. The lowest BCUT2D eigenvalue weighted by Gasteiger charge is -1.95. The second-order valence-electron chi connectivity index (χ2n) is 3.75. The van der Waals surface area contributed by atoms with Gasteiger partial charge in [0.25, 0.3) is 5.56 Å². The second-order valence-corrected chi connectivity index (χ2v) is 3.75. The minimum absolute atomic E-state index is 0.00945. The zero-order chi connectivity index (χ0) is 12.7. The van der Waals surface area contributed by atoms with Crippen molar-refractivity contribution in [2.75, 3.05) is 5.73 Å². The number of hydrogen-bond donors (Lipinski definition) is 3. The van der Waals surface area contributed by atoms with Crippen molar-refractivity contribution in [2.45, 2.75) is 0 Å². The summed E-state index contributed by atoms with van der Waals surface area (Å²) in [6.45, 7) is 0. The number of aromatic nitrogens is 4. The maximum atomic E-state index is 13.1. The molecule has 0 radical (unpaired) electrons. The maximum Gasteiger partial charge on any atom is 0.278 e. The summed E-state index contributed by atoms with van der Waals surface area (Å²) in [6.07, 6.45) is 0. The summed E-state index contributed by atoms with van der Waals surface area (Å²) < 4.78 is 13.1. The van der Waals surface area contributed by atoms with Crippen LogP contribution in [-0.2, 0) is 0 Å². The molecule has 0 spiro atoms. The summed E-state index contributed by atoms with van der Waals surface area (Å²) in [6, 6.07) is 5.88. The standard InChI is InChI=1S/C11H8FN5O/c12-6-3-1-2-5(4-6)8-14-7-9(15-8)16-11(13)17-10(7)18/h1-4H,(H4,13,14,15,16,17,18). The molecule has 90 valence electrons. The van der Waals surface area contributed by atoms with Gasteiger partial charge in [0, 0.05) is 5.56 Å². The highest BCUT2D eigenvalue weighted by Crippen LogP contribution is 2.18. The molecular formula is C11H8FN5O. The monoisotopic (exact) mass is 245 g/mol. The number of H-pyrrole nitrogens is 2. The lowest BCUT2D eigenvalue weighted by Crippen LogP contribution is -2.10. The van der Waals surface area contributed by atoms with Gasteiger partial charge < -0.3 is 10.7 Å². The Labute approximate surface area is 99.7 Å². The Kier molecular flexibility index (Phi) is 2.12. The van der Waals surface area contributed by atoms with Crippen LogP contribution in [0.1, 0.15) is 0 Å². The Bertz CT molecular complexity index is 791. The second kappa shape index (κ2) is 3.66. The zero-order valence-corrected chi connectivity index (χ0v) is 9.07. The number of nitrogens with zero attached hydrogens (tertiary/aromatic N) is 2. The molecule has 0 aliphatic rings. The first kappa shape index (κ1) is 10.5.